The molecule has 1 atom stereocenters. The zero-order valence-corrected chi connectivity index (χ0v) is 13.0. The highest BCUT2D eigenvalue weighted by molar-refractivity contribution is 5.89. The lowest BCUT2D eigenvalue weighted by atomic mass is 10.0. The largest absolute Gasteiger partial charge is 0.442 e. The van der Waals surface area contributed by atoms with Gasteiger partial charge in [-0.05, 0) is 43.0 Å². The molecule has 1 heterocycles. The standard InChI is InChI=1S/C17H21FN2O3/c18-13-5-7-14(8-6-13)20-11-15(23-17(20)22)10-19-16(21)9-12-3-1-2-4-12/h5-8,12,15H,1-4,9-11H2,(H,19,21). The number of carbonyl (C=O) groups is 2. The molecule has 1 aliphatic heterocycles. The lowest BCUT2D eigenvalue weighted by molar-refractivity contribution is -0.122. The molecule has 1 unspecified atom stereocenters. The highest BCUT2D eigenvalue weighted by Gasteiger charge is 2.32. The number of ether oxygens (including phenoxy) is 1. The first-order valence-corrected chi connectivity index (χ1v) is 8.12. The Morgan fingerprint density at radius 3 is 2.65 bits per heavy atom. The van der Waals surface area contributed by atoms with Crippen LogP contribution < -0.4 is 10.2 Å². The maximum atomic E-state index is 12.9. The molecule has 2 aliphatic rings. The average molecular weight is 320 g/mol. The van der Waals surface area contributed by atoms with Crippen LogP contribution in [0.2, 0.25) is 0 Å². The summed E-state index contributed by atoms with van der Waals surface area (Å²) in [7, 11) is 0. The van der Waals surface area contributed by atoms with Crippen LogP contribution in [0.4, 0.5) is 14.9 Å². The number of benzene rings is 1. The van der Waals surface area contributed by atoms with Gasteiger partial charge < -0.3 is 10.1 Å². The highest BCUT2D eigenvalue weighted by Crippen LogP contribution is 2.27. The third-order valence-corrected chi connectivity index (χ3v) is 4.49. The molecule has 0 aromatic heterocycles. The molecule has 1 saturated heterocycles. The zero-order valence-electron chi connectivity index (χ0n) is 13.0. The van der Waals surface area contributed by atoms with Gasteiger partial charge in [-0.15, -0.1) is 0 Å². The second-order valence-corrected chi connectivity index (χ2v) is 6.25. The first-order chi connectivity index (χ1) is 11.1. The molecule has 2 fully saturated rings. The van der Waals surface area contributed by atoms with E-state index in [9.17, 15) is 14.0 Å². The molecule has 23 heavy (non-hydrogen) atoms. The molecule has 1 saturated carbocycles. The Labute approximate surface area is 134 Å². The van der Waals surface area contributed by atoms with Gasteiger partial charge >= 0.3 is 6.09 Å². The molecule has 0 bridgehead atoms. The van der Waals surface area contributed by atoms with E-state index in [-0.39, 0.29) is 17.8 Å². The Bertz CT molecular complexity index is 570. The average Bonchev–Trinajstić information content (AvgIpc) is 3.16. The number of nitrogens with zero attached hydrogens (tertiary/aromatic N) is 1. The van der Waals surface area contributed by atoms with E-state index in [0.29, 0.717) is 31.1 Å². The highest BCUT2D eigenvalue weighted by atomic mass is 19.1. The molecule has 1 aromatic carbocycles. The SMILES string of the molecule is O=C(CC1CCCC1)NCC1CN(c2ccc(F)cc2)C(=O)O1. The normalized spacial score (nSPS) is 21.5. The Hall–Kier alpha value is -2.11. The number of anilines is 1. The van der Waals surface area contributed by atoms with Crippen LogP contribution in [0.3, 0.4) is 0 Å². The van der Waals surface area contributed by atoms with Gasteiger partial charge in [-0.1, -0.05) is 12.8 Å². The fourth-order valence-corrected chi connectivity index (χ4v) is 3.24. The lowest BCUT2D eigenvalue weighted by Crippen LogP contribution is -2.35. The Balaban J connectivity index is 1.47. The minimum atomic E-state index is -0.466. The van der Waals surface area contributed by atoms with E-state index >= 15 is 0 Å². The van der Waals surface area contributed by atoms with Gasteiger partial charge in [0.05, 0.1) is 13.1 Å². The van der Waals surface area contributed by atoms with E-state index in [1.807, 2.05) is 0 Å². The van der Waals surface area contributed by atoms with Crippen molar-refractivity contribution in [2.45, 2.75) is 38.2 Å². The summed E-state index contributed by atoms with van der Waals surface area (Å²) in [5, 5.41) is 2.85. The van der Waals surface area contributed by atoms with Gasteiger partial charge in [0.15, 0.2) is 0 Å². The van der Waals surface area contributed by atoms with E-state index in [4.69, 9.17) is 4.74 Å². The van der Waals surface area contributed by atoms with Crippen LogP contribution in [0.15, 0.2) is 24.3 Å². The van der Waals surface area contributed by atoms with Crippen LogP contribution >= 0.6 is 0 Å². The Morgan fingerprint density at radius 2 is 1.96 bits per heavy atom. The summed E-state index contributed by atoms with van der Waals surface area (Å²) in [6, 6.07) is 5.69. The maximum Gasteiger partial charge on any atom is 0.414 e. The number of hydrogen-bond acceptors (Lipinski definition) is 3. The second-order valence-electron chi connectivity index (χ2n) is 6.25. The summed E-state index contributed by atoms with van der Waals surface area (Å²) in [6.07, 6.45) is 4.40. The minimum absolute atomic E-state index is 0.0215. The molecule has 0 spiro atoms. The first kappa shape index (κ1) is 15.8. The fourth-order valence-electron chi connectivity index (χ4n) is 3.24. The third kappa shape index (κ3) is 4.00. The van der Waals surface area contributed by atoms with Crippen molar-refractivity contribution in [3.8, 4) is 0 Å². The van der Waals surface area contributed by atoms with E-state index in [1.54, 1.807) is 0 Å². The minimum Gasteiger partial charge on any atom is -0.442 e. The molecule has 6 heteroatoms. The molecule has 1 aromatic rings. The monoisotopic (exact) mass is 320 g/mol. The second kappa shape index (κ2) is 6.98. The van der Waals surface area contributed by atoms with Gasteiger partial charge in [-0.3, -0.25) is 9.69 Å². The van der Waals surface area contributed by atoms with Gasteiger partial charge in [0, 0.05) is 12.1 Å². The lowest BCUT2D eigenvalue weighted by Gasteiger charge is -2.13. The number of amides is 2. The van der Waals surface area contributed by atoms with Crippen molar-refractivity contribution in [2.75, 3.05) is 18.0 Å². The van der Waals surface area contributed by atoms with Crippen molar-refractivity contribution < 1.29 is 18.7 Å². The van der Waals surface area contributed by atoms with Crippen LogP contribution in [0.1, 0.15) is 32.1 Å². The summed E-state index contributed by atoms with van der Waals surface area (Å²) >= 11 is 0. The van der Waals surface area contributed by atoms with Crippen molar-refractivity contribution >= 4 is 17.7 Å². The fraction of sp³-hybridized carbons (Fsp3) is 0.529. The molecule has 5 nitrogen and oxygen atoms in total. The van der Waals surface area contributed by atoms with Crippen LogP contribution in [-0.4, -0.2) is 31.2 Å². The summed E-state index contributed by atoms with van der Waals surface area (Å²) in [4.78, 5) is 25.3. The van der Waals surface area contributed by atoms with Crippen LogP contribution in [-0.2, 0) is 9.53 Å². The first-order valence-electron chi connectivity index (χ1n) is 8.12. The van der Waals surface area contributed by atoms with Crippen LogP contribution in [0.5, 0.6) is 0 Å². The molecule has 3 rings (SSSR count). The van der Waals surface area contributed by atoms with Crippen LogP contribution in [0.25, 0.3) is 0 Å². The zero-order chi connectivity index (χ0) is 16.2. The van der Waals surface area contributed by atoms with Gasteiger partial charge in [-0.25, -0.2) is 9.18 Å². The number of hydrogen-bond donors (Lipinski definition) is 1. The molecule has 2 amide bonds. The van der Waals surface area contributed by atoms with Gasteiger partial charge in [0.2, 0.25) is 5.91 Å². The third-order valence-electron chi connectivity index (χ3n) is 4.49. The number of carbonyl (C=O) groups excluding carboxylic acids is 2. The summed E-state index contributed by atoms with van der Waals surface area (Å²) in [5.41, 5.74) is 0.594. The van der Waals surface area contributed by atoms with Crippen LogP contribution in [0, 0.1) is 11.7 Å². The summed E-state index contributed by atoms with van der Waals surface area (Å²) < 4.78 is 18.2. The summed E-state index contributed by atoms with van der Waals surface area (Å²) in [5.74, 6) is 0.169. The van der Waals surface area contributed by atoms with Crippen molar-refractivity contribution in [3.63, 3.8) is 0 Å². The van der Waals surface area contributed by atoms with Crippen molar-refractivity contribution in [1.29, 1.82) is 0 Å². The number of rotatable bonds is 5. The van der Waals surface area contributed by atoms with Crippen molar-refractivity contribution in [1.82, 2.24) is 5.32 Å². The van der Waals surface area contributed by atoms with E-state index in [1.165, 1.54) is 42.0 Å². The molecule has 1 N–H and O–H groups in total. The van der Waals surface area contributed by atoms with Crippen molar-refractivity contribution in [2.24, 2.45) is 5.92 Å². The Morgan fingerprint density at radius 1 is 1.26 bits per heavy atom. The van der Waals surface area contributed by atoms with Gasteiger partial charge in [0.25, 0.3) is 0 Å². The predicted octanol–water partition coefficient (Wildman–Crippen LogP) is 2.85. The molecular formula is C17H21FN2O3. The number of nitrogens with one attached hydrogen (secondary N) is 1. The summed E-state index contributed by atoms with van der Waals surface area (Å²) in [6.45, 7) is 0.670. The van der Waals surface area contributed by atoms with E-state index in [2.05, 4.69) is 5.32 Å². The maximum absolute atomic E-state index is 12.9. The van der Waals surface area contributed by atoms with Gasteiger partial charge in [0.1, 0.15) is 11.9 Å². The quantitative estimate of drug-likeness (QED) is 0.907. The van der Waals surface area contributed by atoms with E-state index < -0.39 is 6.09 Å². The molecule has 0 radical (unpaired) electrons. The van der Waals surface area contributed by atoms with Crippen molar-refractivity contribution in [3.05, 3.63) is 30.1 Å². The smallest absolute Gasteiger partial charge is 0.414 e. The van der Waals surface area contributed by atoms with E-state index in [0.717, 1.165) is 12.8 Å². The number of halogens is 1. The molecular weight excluding hydrogens is 299 g/mol. The molecule has 124 valence electrons. The predicted molar refractivity (Wildman–Crippen MR) is 83.6 cm³/mol. The molecule has 1 aliphatic carbocycles. The van der Waals surface area contributed by atoms with Gasteiger partial charge in [-0.2, -0.15) is 0 Å². The topological polar surface area (TPSA) is 58.6 Å². The number of cyclic esters (lactones) is 1. The Kier molecular flexibility index (Phi) is 4.79.